The van der Waals surface area contributed by atoms with Gasteiger partial charge in [0.25, 0.3) is 5.91 Å². The number of hydrogen-bond donors (Lipinski definition) is 1. The minimum atomic E-state index is -0.488. The summed E-state index contributed by atoms with van der Waals surface area (Å²) in [6, 6.07) is 13.2. The molecule has 0 aliphatic rings. The monoisotopic (exact) mass is 419 g/mol. The van der Waals surface area contributed by atoms with Crippen LogP contribution in [0, 0.1) is 0 Å². The van der Waals surface area contributed by atoms with Crippen LogP contribution in [0.3, 0.4) is 0 Å². The van der Waals surface area contributed by atoms with Crippen LogP contribution in [-0.2, 0) is 9.53 Å². The van der Waals surface area contributed by atoms with E-state index in [1.165, 1.54) is 18.4 Å². The van der Waals surface area contributed by atoms with Crippen molar-refractivity contribution in [2.24, 2.45) is 0 Å². The predicted octanol–water partition coefficient (Wildman–Crippen LogP) is 4.47. The van der Waals surface area contributed by atoms with Crippen molar-refractivity contribution in [3.63, 3.8) is 0 Å². The number of carbonyl (C=O) groups is 2. The number of nitrogens with one attached hydrogen (secondary N) is 1. The summed E-state index contributed by atoms with van der Waals surface area (Å²) in [5.74, 6) is -0.231. The minimum Gasteiger partial charge on any atom is -0.484 e. The third kappa shape index (κ3) is 4.18. The normalized spacial score (nSPS) is 10.5. The number of methoxy groups -OCH3 is 1. The Balaban J connectivity index is 1.64. The molecule has 1 amide bonds. The first-order valence-electron chi connectivity index (χ1n) is 7.34. The number of rotatable bonds is 5. The van der Waals surface area contributed by atoms with E-state index < -0.39 is 5.97 Å². The average Bonchev–Trinajstić information content (AvgIpc) is 3.07. The molecular formula is C18H14BrNO4S. The van der Waals surface area contributed by atoms with Gasteiger partial charge in [-0.3, -0.25) is 4.79 Å². The topological polar surface area (TPSA) is 64.6 Å². The van der Waals surface area contributed by atoms with Crippen LogP contribution in [0.5, 0.6) is 5.75 Å². The summed E-state index contributed by atoms with van der Waals surface area (Å²) in [6.07, 6.45) is 0. The van der Waals surface area contributed by atoms with E-state index in [0.29, 0.717) is 16.3 Å². The van der Waals surface area contributed by atoms with E-state index in [-0.39, 0.29) is 12.5 Å². The number of benzene rings is 2. The summed E-state index contributed by atoms with van der Waals surface area (Å²) < 4.78 is 11.2. The van der Waals surface area contributed by atoms with Crippen molar-refractivity contribution >= 4 is 54.9 Å². The lowest BCUT2D eigenvalue weighted by Gasteiger charge is -2.08. The molecule has 0 radical (unpaired) electrons. The van der Waals surface area contributed by atoms with Gasteiger partial charge in [0, 0.05) is 4.47 Å². The van der Waals surface area contributed by atoms with Gasteiger partial charge >= 0.3 is 5.97 Å². The zero-order chi connectivity index (χ0) is 17.8. The Morgan fingerprint density at radius 3 is 2.68 bits per heavy atom. The van der Waals surface area contributed by atoms with Crippen molar-refractivity contribution in [3.8, 4) is 5.75 Å². The second-order valence-electron chi connectivity index (χ2n) is 5.15. The molecule has 0 saturated carbocycles. The van der Waals surface area contributed by atoms with Gasteiger partial charge < -0.3 is 14.8 Å². The van der Waals surface area contributed by atoms with Gasteiger partial charge in [0.15, 0.2) is 6.61 Å². The number of anilines is 1. The molecule has 0 aliphatic carbocycles. The first-order chi connectivity index (χ1) is 12.1. The maximum atomic E-state index is 12.1. The van der Waals surface area contributed by atoms with Crippen molar-refractivity contribution in [2.45, 2.75) is 0 Å². The standard InChI is InChI=1S/C18H14BrNO4S/c1-23-18(22)15-6-7-25-17(15)20-16(21)10-24-14-5-3-11-8-13(19)4-2-12(11)9-14/h2-9H,10H2,1H3,(H,20,21). The first kappa shape index (κ1) is 17.4. The van der Waals surface area contributed by atoms with Crippen molar-refractivity contribution in [3.05, 3.63) is 57.9 Å². The summed E-state index contributed by atoms with van der Waals surface area (Å²) in [7, 11) is 1.30. The molecule has 3 aromatic rings. The molecule has 128 valence electrons. The molecule has 7 heteroatoms. The largest absolute Gasteiger partial charge is 0.484 e. The van der Waals surface area contributed by atoms with Crippen LogP contribution in [0.2, 0.25) is 0 Å². The fraction of sp³-hybridized carbons (Fsp3) is 0.111. The number of esters is 1. The maximum absolute atomic E-state index is 12.1. The van der Waals surface area contributed by atoms with E-state index in [1.807, 2.05) is 36.4 Å². The van der Waals surface area contributed by atoms with E-state index in [1.54, 1.807) is 11.4 Å². The van der Waals surface area contributed by atoms with E-state index in [0.717, 1.165) is 15.2 Å². The highest BCUT2D eigenvalue weighted by Crippen LogP contribution is 2.25. The van der Waals surface area contributed by atoms with Gasteiger partial charge in [0.1, 0.15) is 10.8 Å². The van der Waals surface area contributed by atoms with Gasteiger partial charge in [-0.2, -0.15) is 0 Å². The van der Waals surface area contributed by atoms with E-state index in [4.69, 9.17) is 4.74 Å². The van der Waals surface area contributed by atoms with Crippen molar-refractivity contribution in [1.29, 1.82) is 0 Å². The lowest BCUT2D eigenvalue weighted by molar-refractivity contribution is -0.118. The summed E-state index contributed by atoms with van der Waals surface area (Å²) in [5, 5.41) is 6.93. The maximum Gasteiger partial charge on any atom is 0.340 e. The van der Waals surface area contributed by atoms with Crippen LogP contribution in [0.15, 0.2) is 52.3 Å². The highest BCUT2D eigenvalue weighted by Gasteiger charge is 2.15. The Labute approximate surface area is 156 Å². The fourth-order valence-corrected chi connectivity index (χ4v) is 3.44. The van der Waals surface area contributed by atoms with E-state index in [2.05, 4.69) is 26.0 Å². The summed E-state index contributed by atoms with van der Waals surface area (Å²) in [4.78, 5) is 23.7. The summed E-state index contributed by atoms with van der Waals surface area (Å²) >= 11 is 4.69. The second kappa shape index (κ2) is 7.67. The SMILES string of the molecule is COC(=O)c1ccsc1NC(=O)COc1ccc2cc(Br)ccc2c1. The molecule has 5 nitrogen and oxygen atoms in total. The van der Waals surface area contributed by atoms with E-state index in [9.17, 15) is 9.59 Å². The van der Waals surface area contributed by atoms with Gasteiger partial charge in [-0.1, -0.05) is 28.1 Å². The van der Waals surface area contributed by atoms with Crippen LogP contribution in [0.25, 0.3) is 10.8 Å². The molecule has 1 N–H and O–H groups in total. The molecular weight excluding hydrogens is 406 g/mol. The molecule has 3 rings (SSSR count). The zero-order valence-corrected chi connectivity index (χ0v) is 15.6. The lowest BCUT2D eigenvalue weighted by atomic mass is 10.1. The molecule has 0 saturated heterocycles. The number of halogens is 1. The molecule has 25 heavy (non-hydrogen) atoms. The highest BCUT2D eigenvalue weighted by atomic mass is 79.9. The smallest absolute Gasteiger partial charge is 0.340 e. The predicted molar refractivity (Wildman–Crippen MR) is 101 cm³/mol. The third-order valence-corrected chi connectivity index (χ3v) is 4.79. The van der Waals surface area contributed by atoms with Gasteiger partial charge in [-0.15, -0.1) is 11.3 Å². The second-order valence-corrected chi connectivity index (χ2v) is 6.98. The first-order valence-corrected chi connectivity index (χ1v) is 9.02. The number of amides is 1. The molecule has 0 fully saturated rings. The van der Waals surface area contributed by atoms with Crippen LogP contribution >= 0.6 is 27.3 Å². The van der Waals surface area contributed by atoms with Gasteiger partial charge in [-0.05, 0) is 46.5 Å². The Morgan fingerprint density at radius 1 is 1.12 bits per heavy atom. The number of carbonyl (C=O) groups excluding carboxylic acids is 2. The van der Waals surface area contributed by atoms with Gasteiger partial charge in [0.2, 0.25) is 0 Å². The van der Waals surface area contributed by atoms with E-state index >= 15 is 0 Å². The Morgan fingerprint density at radius 2 is 1.88 bits per heavy atom. The quantitative estimate of drug-likeness (QED) is 0.619. The molecule has 1 heterocycles. The lowest BCUT2D eigenvalue weighted by Crippen LogP contribution is -2.20. The molecule has 0 atom stereocenters. The van der Waals surface area contributed by atoms with Crippen LogP contribution in [0.4, 0.5) is 5.00 Å². The third-order valence-electron chi connectivity index (χ3n) is 3.47. The molecule has 0 unspecified atom stereocenters. The van der Waals surface area contributed by atoms with Crippen molar-refractivity contribution in [1.82, 2.24) is 0 Å². The Kier molecular flexibility index (Phi) is 5.35. The Hall–Kier alpha value is -2.38. The fourth-order valence-electron chi connectivity index (χ4n) is 2.27. The molecule has 0 bridgehead atoms. The summed E-state index contributed by atoms with van der Waals surface area (Å²) in [6.45, 7) is -0.152. The van der Waals surface area contributed by atoms with Crippen LogP contribution in [-0.4, -0.2) is 25.6 Å². The number of ether oxygens (including phenoxy) is 2. The van der Waals surface area contributed by atoms with Crippen molar-refractivity contribution < 1.29 is 19.1 Å². The molecule has 1 aromatic heterocycles. The number of hydrogen-bond acceptors (Lipinski definition) is 5. The number of fused-ring (bicyclic) bond motifs is 1. The number of thiophene rings is 1. The van der Waals surface area contributed by atoms with Gasteiger partial charge in [0.05, 0.1) is 12.7 Å². The summed E-state index contributed by atoms with van der Waals surface area (Å²) in [5.41, 5.74) is 0.331. The zero-order valence-electron chi connectivity index (χ0n) is 13.2. The highest BCUT2D eigenvalue weighted by molar-refractivity contribution is 9.10. The minimum absolute atomic E-state index is 0.152. The van der Waals surface area contributed by atoms with Crippen molar-refractivity contribution in [2.75, 3.05) is 19.0 Å². The van der Waals surface area contributed by atoms with Crippen LogP contribution in [0.1, 0.15) is 10.4 Å². The average molecular weight is 420 g/mol. The van der Waals surface area contributed by atoms with Gasteiger partial charge in [-0.25, -0.2) is 4.79 Å². The Bertz CT molecular complexity index is 938. The molecule has 0 aliphatic heterocycles. The molecule has 2 aromatic carbocycles. The van der Waals surface area contributed by atoms with Crippen LogP contribution < -0.4 is 10.1 Å². The molecule has 0 spiro atoms.